The van der Waals surface area contributed by atoms with Crippen molar-refractivity contribution in [3.63, 3.8) is 0 Å². The molecule has 0 fully saturated rings. The van der Waals surface area contributed by atoms with E-state index in [2.05, 4.69) is 22.8 Å². The van der Waals surface area contributed by atoms with Crippen molar-refractivity contribution in [2.75, 3.05) is 13.2 Å². The first-order valence-corrected chi connectivity index (χ1v) is 11.1. The summed E-state index contributed by atoms with van der Waals surface area (Å²) in [5.74, 6) is -2.08. The van der Waals surface area contributed by atoms with Crippen LogP contribution in [0.3, 0.4) is 0 Å². The Bertz CT molecular complexity index is 929. The molecule has 3 N–H and O–H groups in total. The second kappa shape index (κ2) is 10.8. The van der Waals surface area contributed by atoms with Crippen molar-refractivity contribution in [3.8, 4) is 11.1 Å². The van der Waals surface area contributed by atoms with Crippen LogP contribution < -0.4 is 10.6 Å². The molecule has 0 aliphatic heterocycles. The number of carboxylic acid groups (broad SMARTS) is 1. The third-order valence-electron chi connectivity index (χ3n) is 5.89. The predicted octanol–water partition coefficient (Wildman–Crippen LogP) is 3.92. The van der Waals surface area contributed by atoms with Crippen LogP contribution in [0.2, 0.25) is 0 Å². The quantitative estimate of drug-likeness (QED) is 0.521. The van der Waals surface area contributed by atoms with Gasteiger partial charge in [-0.2, -0.15) is 0 Å². The third kappa shape index (κ3) is 5.28. The van der Waals surface area contributed by atoms with Crippen molar-refractivity contribution < 1.29 is 24.2 Å². The highest BCUT2D eigenvalue weighted by atomic mass is 16.5. The first-order valence-electron chi connectivity index (χ1n) is 11.1. The molecule has 3 rings (SSSR count). The van der Waals surface area contributed by atoms with Crippen LogP contribution in [0, 0.1) is 5.92 Å². The number of rotatable bonds is 10. The van der Waals surface area contributed by atoms with Crippen LogP contribution in [0.1, 0.15) is 50.2 Å². The number of nitrogens with one attached hydrogen (secondary N) is 2. The number of carbonyl (C=O) groups is 3. The predicted molar refractivity (Wildman–Crippen MR) is 121 cm³/mol. The number of carboxylic acids is 1. The summed E-state index contributed by atoms with van der Waals surface area (Å²) in [7, 11) is 0. The molecule has 32 heavy (non-hydrogen) atoms. The van der Waals surface area contributed by atoms with E-state index in [1.54, 1.807) is 6.92 Å². The molecule has 0 bridgehead atoms. The van der Waals surface area contributed by atoms with Gasteiger partial charge in [0.25, 0.3) is 0 Å². The van der Waals surface area contributed by atoms with Gasteiger partial charge in [0.15, 0.2) is 0 Å². The maximum atomic E-state index is 12.5. The average Bonchev–Trinajstić information content (AvgIpc) is 3.11. The Kier molecular flexibility index (Phi) is 7.87. The summed E-state index contributed by atoms with van der Waals surface area (Å²) >= 11 is 0. The summed E-state index contributed by atoms with van der Waals surface area (Å²) in [4.78, 5) is 36.2. The van der Waals surface area contributed by atoms with Gasteiger partial charge in [0.05, 0.1) is 5.92 Å². The molecule has 2 atom stereocenters. The van der Waals surface area contributed by atoms with Gasteiger partial charge in [-0.1, -0.05) is 68.8 Å². The lowest BCUT2D eigenvalue weighted by Crippen LogP contribution is -2.48. The Morgan fingerprint density at radius 2 is 1.59 bits per heavy atom. The number of ether oxygens (including phenoxy) is 1. The van der Waals surface area contributed by atoms with E-state index in [9.17, 15) is 14.4 Å². The maximum absolute atomic E-state index is 12.5. The molecule has 0 heterocycles. The summed E-state index contributed by atoms with van der Waals surface area (Å²) in [6, 6.07) is 15.4. The van der Waals surface area contributed by atoms with Crippen LogP contribution in [0.25, 0.3) is 11.1 Å². The van der Waals surface area contributed by atoms with Gasteiger partial charge in [0.1, 0.15) is 12.6 Å². The Morgan fingerprint density at radius 1 is 1.00 bits per heavy atom. The van der Waals surface area contributed by atoms with Gasteiger partial charge in [-0.15, -0.1) is 0 Å². The van der Waals surface area contributed by atoms with E-state index in [1.165, 1.54) is 0 Å². The zero-order valence-electron chi connectivity index (χ0n) is 18.5. The fourth-order valence-electron chi connectivity index (χ4n) is 4.09. The summed E-state index contributed by atoms with van der Waals surface area (Å²) in [6.45, 7) is 3.85. The molecule has 0 spiro atoms. The number of amides is 2. The number of carbonyl (C=O) groups excluding carboxylic acids is 2. The van der Waals surface area contributed by atoms with Crippen LogP contribution in [-0.4, -0.2) is 42.3 Å². The lowest BCUT2D eigenvalue weighted by molar-refractivity contribution is -0.141. The molecular formula is C25H30N2O5. The van der Waals surface area contributed by atoms with Crippen molar-refractivity contribution in [1.82, 2.24) is 10.6 Å². The van der Waals surface area contributed by atoms with E-state index in [0.717, 1.165) is 22.3 Å². The Labute approximate surface area is 188 Å². The summed E-state index contributed by atoms with van der Waals surface area (Å²) < 4.78 is 5.53. The van der Waals surface area contributed by atoms with Crippen LogP contribution in [0.5, 0.6) is 0 Å². The van der Waals surface area contributed by atoms with Crippen molar-refractivity contribution in [2.24, 2.45) is 5.92 Å². The second-order valence-corrected chi connectivity index (χ2v) is 8.00. The van der Waals surface area contributed by atoms with E-state index < -0.39 is 29.9 Å². The molecular weight excluding hydrogens is 408 g/mol. The fourth-order valence-corrected chi connectivity index (χ4v) is 4.09. The highest BCUT2D eigenvalue weighted by Crippen LogP contribution is 2.44. The van der Waals surface area contributed by atoms with E-state index in [-0.39, 0.29) is 19.1 Å². The molecule has 0 saturated heterocycles. The number of hydrogen-bond acceptors (Lipinski definition) is 4. The van der Waals surface area contributed by atoms with E-state index in [4.69, 9.17) is 9.84 Å². The minimum atomic E-state index is -0.954. The Hall–Kier alpha value is -3.35. The molecule has 1 aliphatic carbocycles. The smallest absolute Gasteiger partial charge is 0.407 e. The van der Waals surface area contributed by atoms with Gasteiger partial charge < -0.3 is 20.5 Å². The molecule has 0 saturated carbocycles. The highest BCUT2D eigenvalue weighted by Gasteiger charge is 2.30. The molecule has 2 aromatic carbocycles. The molecule has 170 valence electrons. The maximum Gasteiger partial charge on any atom is 0.407 e. The number of benzene rings is 2. The third-order valence-corrected chi connectivity index (χ3v) is 5.89. The number of fused-ring (bicyclic) bond motifs is 3. The van der Waals surface area contributed by atoms with Crippen LogP contribution in [-0.2, 0) is 14.3 Å². The summed E-state index contributed by atoms with van der Waals surface area (Å²) in [6.07, 6.45) is 0.858. The van der Waals surface area contributed by atoms with Crippen molar-refractivity contribution in [2.45, 2.75) is 45.1 Å². The lowest BCUT2D eigenvalue weighted by Gasteiger charge is -2.20. The molecule has 0 radical (unpaired) electrons. The zero-order chi connectivity index (χ0) is 23.1. The molecule has 7 heteroatoms. The summed E-state index contributed by atoms with van der Waals surface area (Å²) in [5, 5.41) is 14.4. The van der Waals surface area contributed by atoms with Gasteiger partial charge in [0, 0.05) is 12.5 Å². The molecule has 7 nitrogen and oxygen atoms in total. The second-order valence-electron chi connectivity index (χ2n) is 8.00. The van der Waals surface area contributed by atoms with Crippen molar-refractivity contribution in [1.29, 1.82) is 0 Å². The van der Waals surface area contributed by atoms with Gasteiger partial charge >= 0.3 is 12.1 Å². The largest absolute Gasteiger partial charge is 0.481 e. The standard InChI is InChI=1S/C25H30N2O5/c1-3-9-22(23(28)26-14-16(4-2)24(29)30)27-25(31)32-15-21-19-12-7-5-10-17(19)18-11-6-8-13-20(18)21/h5-8,10-13,16,21-22H,3-4,9,14-15H2,1-2H3,(H,26,28)(H,27,31)(H,29,30)/t16?,22-/m0/s1. The molecule has 2 amide bonds. The first-order chi connectivity index (χ1) is 15.5. The van der Waals surface area contributed by atoms with Gasteiger partial charge in [-0.25, -0.2) is 4.79 Å². The lowest BCUT2D eigenvalue weighted by atomic mass is 9.98. The first kappa shape index (κ1) is 23.3. The van der Waals surface area contributed by atoms with Gasteiger partial charge in [-0.3, -0.25) is 9.59 Å². The van der Waals surface area contributed by atoms with E-state index in [1.807, 2.05) is 43.3 Å². The van der Waals surface area contributed by atoms with Crippen LogP contribution in [0.15, 0.2) is 48.5 Å². The highest BCUT2D eigenvalue weighted by molar-refractivity contribution is 5.86. The fraction of sp³-hybridized carbons (Fsp3) is 0.400. The molecule has 0 aromatic heterocycles. The molecule has 1 aliphatic rings. The van der Waals surface area contributed by atoms with Gasteiger partial charge in [-0.05, 0) is 35.1 Å². The summed E-state index contributed by atoms with van der Waals surface area (Å²) in [5.41, 5.74) is 4.51. The number of alkyl carbamates (subject to hydrolysis) is 1. The zero-order valence-corrected chi connectivity index (χ0v) is 18.5. The Morgan fingerprint density at radius 3 is 2.12 bits per heavy atom. The normalized spacial score (nSPS) is 14.1. The monoisotopic (exact) mass is 438 g/mol. The SMILES string of the molecule is CCC[C@H](NC(=O)OCC1c2ccccc2-c2ccccc21)C(=O)NCC(CC)C(=O)O. The topological polar surface area (TPSA) is 105 Å². The Balaban J connectivity index is 1.60. The van der Waals surface area contributed by atoms with Crippen molar-refractivity contribution in [3.05, 3.63) is 59.7 Å². The molecule has 2 aromatic rings. The minimum Gasteiger partial charge on any atom is -0.481 e. The van der Waals surface area contributed by atoms with Crippen LogP contribution >= 0.6 is 0 Å². The molecule has 1 unspecified atom stereocenters. The van der Waals surface area contributed by atoms with Crippen molar-refractivity contribution >= 4 is 18.0 Å². The number of hydrogen-bond donors (Lipinski definition) is 3. The van der Waals surface area contributed by atoms with Gasteiger partial charge in [0.2, 0.25) is 5.91 Å². The minimum absolute atomic E-state index is 0.0251. The van der Waals surface area contributed by atoms with Crippen LogP contribution in [0.4, 0.5) is 4.79 Å². The number of aliphatic carboxylic acids is 1. The van der Waals surface area contributed by atoms with E-state index in [0.29, 0.717) is 19.3 Å². The van der Waals surface area contributed by atoms with E-state index >= 15 is 0 Å². The average molecular weight is 439 g/mol.